The molecule has 2 N–H and O–H groups in total. The van der Waals surface area contributed by atoms with Gasteiger partial charge in [0.05, 0.1) is 0 Å². The van der Waals surface area contributed by atoms with Crippen LogP contribution in [0.4, 0.5) is 4.79 Å². The van der Waals surface area contributed by atoms with Crippen LogP contribution in [-0.4, -0.2) is 41.1 Å². The highest BCUT2D eigenvalue weighted by Gasteiger charge is 2.23. The molecule has 0 radical (unpaired) electrons. The maximum absolute atomic E-state index is 12.1. The number of piperidine rings is 1. The molecule has 1 aliphatic rings. The summed E-state index contributed by atoms with van der Waals surface area (Å²) in [6.45, 7) is 7.82. The van der Waals surface area contributed by atoms with Crippen LogP contribution < -0.4 is 5.32 Å². The van der Waals surface area contributed by atoms with Gasteiger partial charge in [0.25, 0.3) is 0 Å². The van der Waals surface area contributed by atoms with E-state index in [2.05, 4.69) is 19.2 Å². The third-order valence-electron chi connectivity index (χ3n) is 3.86. The number of rotatable bonds is 6. The molecular weight excluding hydrogens is 256 g/mol. The van der Waals surface area contributed by atoms with Crippen molar-refractivity contribution in [2.45, 2.75) is 58.9 Å². The summed E-state index contributed by atoms with van der Waals surface area (Å²) in [5.41, 5.74) is 0. The normalized spacial score (nSPS) is 18.1. The Morgan fingerprint density at radius 2 is 1.85 bits per heavy atom. The standard InChI is InChI=1S/C15H28N2O3/c1-11(2)10-12(3)16-15(20)17-8-6-13(7-9-17)4-5-14(18)19/h11-13H,4-10H2,1-3H3,(H,16,20)(H,18,19). The van der Waals surface area contributed by atoms with Gasteiger partial charge >= 0.3 is 12.0 Å². The van der Waals surface area contributed by atoms with Crippen molar-refractivity contribution in [3.63, 3.8) is 0 Å². The number of urea groups is 1. The van der Waals surface area contributed by atoms with Gasteiger partial charge in [-0.05, 0) is 44.4 Å². The number of aliphatic carboxylic acids is 1. The van der Waals surface area contributed by atoms with Crippen LogP contribution in [0.3, 0.4) is 0 Å². The number of hydrogen-bond acceptors (Lipinski definition) is 2. The molecule has 0 bridgehead atoms. The molecule has 1 rings (SSSR count). The molecule has 0 aromatic rings. The van der Waals surface area contributed by atoms with Crippen molar-refractivity contribution in [1.82, 2.24) is 10.2 Å². The van der Waals surface area contributed by atoms with Crippen molar-refractivity contribution in [2.75, 3.05) is 13.1 Å². The predicted octanol–water partition coefficient (Wildman–Crippen LogP) is 2.71. The first-order valence-electron chi connectivity index (χ1n) is 7.65. The highest BCUT2D eigenvalue weighted by Crippen LogP contribution is 2.22. The summed E-state index contributed by atoms with van der Waals surface area (Å²) in [5, 5.41) is 11.7. The van der Waals surface area contributed by atoms with Crippen molar-refractivity contribution in [2.24, 2.45) is 11.8 Å². The van der Waals surface area contributed by atoms with E-state index in [0.29, 0.717) is 11.8 Å². The Kier molecular flexibility index (Phi) is 6.82. The van der Waals surface area contributed by atoms with Gasteiger partial charge in [-0.3, -0.25) is 4.79 Å². The minimum atomic E-state index is -0.729. The Balaban J connectivity index is 2.26. The molecule has 1 saturated heterocycles. The molecule has 1 fully saturated rings. The molecule has 5 nitrogen and oxygen atoms in total. The maximum Gasteiger partial charge on any atom is 0.317 e. The first-order chi connectivity index (χ1) is 9.38. The number of likely N-dealkylation sites (tertiary alicyclic amines) is 1. The summed E-state index contributed by atoms with van der Waals surface area (Å²) in [6.07, 6.45) is 3.79. The molecule has 1 atom stereocenters. The highest BCUT2D eigenvalue weighted by atomic mass is 16.4. The molecule has 0 aromatic carbocycles. The van der Waals surface area contributed by atoms with Gasteiger partial charge in [0, 0.05) is 25.6 Å². The molecule has 0 saturated carbocycles. The lowest BCUT2D eigenvalue weighted by Gasteiger charge is -2.33. The predicted molar refractivity (Wildman–Crippen MR) is 78.6 cm³/mol. The summed E-state index contributed by atoms with van der Waals surface area (Å²) in [6, 6.07) is 0.224. The minimum absolute atomic E-state index is 0.0230. The second-order valence-corrected chi connectivity index (χ2v) is 6.34. The Morgan fingerprint density at radius 3 is 2.35 bits per heavy atom. The van der Waals surface area contributed by atoms with Gasteiger partial charge in [0.2, 0.25) is 0 Å². The van der Waals surface area contributed by atoms with E-state index < -0.39 is 5.97 Å². The third-order valence-corrected chi connectivity index (χ3v) is 3.86. The minimum Gasteiger partial charge on any atom is -0.481 e. The number of carbonyl (C=O) groups is 2. The molecule has 5 heteroatoms. The average molecular weight is 284 g/mol. The molecule has 0 aliphatic carbocycles. The van der Waals surface area contributed by atoms with Gasteiger partial charge in [-0.15, -0.1) is 0 Å². The highest BCUT2D eigenvalue weighted by molar-refractivity contribution is 5.74. The number of carboxylic acid groups (broad SMARTS) is 1. The van der Waals surface area contributed by atoms with E-state index in [9.17, 15) is 9.59 Å². The fraction of sp³-hybridized carbons (Fsp3) is 0.867. The smallest absolute Gasteiger partial charge is 0.317 e. The van der Waals surface area contributed by atoms with Crippen LogP contribution in [0.1, 0.15) is 52.9 Å². The van der Waals surface area contributed by atoms with Crippen molar-refractivity contribution in [1.29, 1.82) is 0 Å². The van der Waals surface area contributed by atoms with Gasteiger partial charge in [0.15, 0.2) is 0 Å². The van der Waals surface area contributed by atoms with Crippen LogP contribution in [0.15, 0.2) is 0 Å². The fourth-order valence-corrected chi connectivity index (χ4v) is 2.82. The largest absolute Gasteiger partial charge is 0.481 e. The average Bonchev–Trinajstić information content (AvgIpc) is 2.35. The lowest BCUT2D eigenvalue weighted by Crippen LogP contribution is -2.47. The Hall–Kier alpha value is -1.26. The van der Waals surface area contributed by atoms with Crippen LogP contribution in [0.25, 0.3) is 0 Å². The first kappa shape index (κ1) is 16.8. The van der Waals surface area contributed by atoms with E-state index >= 15 is 0 Å². The Labute approximate surface area is 121 Å². The zero-order valence-corrected chi connectivity index (χ0v) is 12.9. The SMILES string of the molecule is CC(C)CC(C)NC(=O)N1CCC(CCC(=O)O)CC1. The Bertz CT molecular complexity index is 323. The zero-order chi connectivity index (χ0) is 15.1. The summed E-state index contributed by atoms with van der Waals surface area (Å²) in [4.78, 5) is 24.5. The molecule has 0 spiro atoms. The summed E-state index contributed by atoms with van der Waals surface area (Å²) in [7, 11) is 0. The van der Waals surface area contributed by atoms with Crippen LogP contribution in [0.2, 0.25) is 0 Å². The fourth-order valence-electron chi connectivity index (χ4n) is 2.82. The van der Waals surface area contributed by atoms with Crippen molar-refractivity contribution < 1.29 is 14.7 Å². The van der Waals surface area contributed by atoms with E-state index in [0.717, 1.165) is 38.8 Å². The quantitative estimate of drug-likeness (QED) is 0.788. The topological polar surface area (TPSA) is 69.6 Å². The van der Waals surface area contributed by atoms with E-state index in [1.54, 1.807) is 0 Å². The molecule has 2 amide bonds. The van der Waals surface area contributed by atoms with Gasteiger partial charge in [-0.25, -0.2) is 4.79 Å². The van der Waals surface area contributed by atoms with Crippen LogP contribution in [0, 0.1) is 11.8 Å². The van der Waals surface area contributed by atoms with E-state index in [1.807, 2.05) is 11.8 Å². The molecular formula is C15H28N2O3. The van der Waals surface area contributed by atoms with Crippen molar-refractivity contribution in [3.05, 3.63) is 0 Å². The number of hydrogen-bond donors (Lipinski definition) is 2. The van der Waals surface area contributed by atoms with Crippen molar-refractivity contribution >= 4 is 12.0 Å². The van der Waals surface area contributed by atoms with Crippen LogP contribution in [-0.2, 0) is 4.79 Å². The van der Waals surface area contributed by atoms with Gasteiger partial charge in [-0.2, -0.15) is 0 Å². The maximum atomic E-state index is 12.1. The van der Waals surface area contributed by atoms with E-state index in [-0.39, 0.29) is 18.5 Å². The second kappa shape index (κ2) is 8.12. The van der Waals surface area contributed by atoms with Gasteiger partial charge in [0.1, 0.15) is 0 Å². The Morgan fingerprint density at radius 1 is 1.25 bits per heavy atom. The zero-order valence-electron chi connectivity index (χ0n) is 12.9. The molecule has 1 unspecified atom stereocenters. The molecule has 1 aliphatic heterocycles. The number of carbonyl (C=O) groups excluding carboxylic acids is 1. The number of carboxylic acids is 1. The lowest BCUT2D eigenvalue weighted by molar-refractivity contribution is -0.137. The van der Waals surface area contributed by atoms with Crippen LogP contribution >= 0.6 is 0 Å². The molecule has 0 aromatic heterocycles. The summed E-state index contributed by atoms with van der Waals surface area (Å²) >= 11 is 0. The second-order valence-electron chi connectivity index (χ2n) is 6.34. The molecule has 1 heterocycles. The van der Waals surface area contributed by atoms with E-state index in [1.165, 1.54) is 0 Å². The number of amides is 2. The van der Waals surface area contributed by atoms with Crippen LogP contribution in [0.5, 0.6) is 0 Å². The number of nitrogens with one attached hydrogen (secondary N) is 1. The monoisotopic (exact) mass is 284 g/mol. The summed E-state index contributed by atoms with van der Waals surface area (Å²) < 4.78 is 0. The number of nitrogens with zero attached hydrogens (tertiary/aromatic N) is 1. The molecule has 20 heavy (non-hydrogen) atoms. The van der Waals surface area contributed by atoms with Gasteiger partial charge in [-0.1, -0.05) is 13.8 Å². The van der Waals surface area contributed by atoms with Crippen molar-refractivity contribution in [3.8, 4) is 0 Å². The third kappa shape index (κ3) is 6.26. The first-order valence-corrected chi connectivity index (χ1v) is 7.65. The summed E-state index contributed by atoms with van der Waals surface area (Å²) in [5.74, 6) is 0.294. The lowest BCUT2D eigenvalue weighted by atomic mass is 9.92. The molecule has 116 valence electrons. The van der Waals surface area contributed by atoms with Gasteiger partial charge < -0.3 is 15.3 Å². The van der Waals surface area contributed by atoms with E-state index in [4.69, 9.17) is 5.11 Å².